The Balaban J connectivity index is 2.13. The predicted molar refractivity (Wildman–Crippen MR) is 85.4 cm³/mol. The first-order chi connectivity index (χ1) is 9.97. The van der Waals surface area contributed by atoms with E-state index in [0.29, 0.717) is 6.04 Å². The topological polar surface area (TPSA) is 46.4 Å². The molecule has 0 unspecified atom stereocenters. The lowest BCUT2D eigenvalue weighted by molar-refractivity contribution is -0.384. The van der Waals surface area contributed by atoms with Gasteiger partial charge in [0, 0.05) is 18.2 Å². The van der Waals surface area contributed by atoms with E-state index in [-0.39, 0.29) is 10.6 Å². The van der Waals surface area contributed by atoms with Gasteiger partial charge in [0.1, 0.15) is 0 Å². The molecule has 0 saturated carbocycles. The number of nitro groups is 1. The first-order valence-corrected chi connectivity index (χ1v) is 6.97. The summed E-state index contributed by atoms with van der Waals surface area (Å²) in [5.41, 5.74) is 3.48. The van der Waals surface area contributed by atoms with Gasteiger partial charge in [0.2, 0.25) is 0 Å². The van der Waals surface area contributed by atoms with Crippen LogP contribution in [0.1, 0.15) is 12.5 Å². The van der Waals surface area contributed by atoms with E-state index in [9.17, 15) is 10.1 Å². The highest BCUT2D eigenvalue weighted by Gasteiger charge is 2.07. The lowest BCUT2D eigenvalue weighted by Gasteiger charge is -2.19. The zero-order valence-corrected chi connectivity index (χ0v) is 12.6. The lowest BCUT2D eigenvalue weighted by atomic mass is 10.0. The zero-order chi connectivity index (χ0) is 15.4. The van der Waals surface area contributed by atoms with Gasteiger partial charge in [-0.25, -0.2) is 0 Å². The summed E-state index contributed by atoms with van der Waals surface area (Å²) < 4.78 is 0. The van der Waals surface area contributed by atoms with Crippen molar-refractivity contribution in [3.05, 3.63) is 64.2 Å². The Morgan fingerprint density at radius 1 is 1.00 bits per heavy atom. The summed E-state index contributed by atoms with van der Waals surface area (Å²) in [6.07, 6.45) is 1.01. The van der Waals surface area contributed by atoms with Crippen molar-refractivity contribution in [3.8, 4) is 11.1 Å². The third kappa shape index (κ3) is 3.89. The van der Waals surface area contributed by atoms with Crippen LogP contribution in [0.5, 0.6) is 0 Å². The van der Waals surface area contributed by atoms with Crippen LogP contribution in [-0.2, 0) is 6.42 Å². The molecule has 0 aliphatic rings. The number of non-ortho nitro benzene ring substituents is 1. The second-order valence-electron chi connectivity index (χ2n) is 5.52. The van der Waals surface area contributed by atoms with E-state index in [2.05, 4.69) is 50.2 Å². The SMILES string of the molecule is C[C@@H](Cc1ccc(-c2ccc([N+](=O)[O-])cc2)cc1)N(C)C. The van der Waals surface area contributed by atoms with Crippen LogP contribution in [0, 0.1) is 10.1 Å². The molecule has 21 heavy (non-hydrogen) atoms. The lowest BCUT2D eigenvalue weighted by Crippen LogP contribution is -2.26. The average Bonchev–Trinajstić information content (AvgIpc) is 2.48. The largest absolute Gasteiger partial charge is 0.306 e. The van der Waals surface area contributed by atoms with Crippen LogP contribution in [0.4, 0.5) is 5.69 Å². The molecule has 0 radical (unpaired) electrons. The Morgan fingerprint density at radius 2 is 1.48 bits per heavy atom. The van der Waals surface area contributed by atoms with E-state index < -0.39 is 0 Å². The molecule has 0 N–H and O–H groups in total. The molecule has 0 spiro atoms. The Labute approximate surface area is 125 Å². The van der Waals surface area contributed by atoms with E-state index in [4.69, 9.17) is 0 Å². The fraction of sp³-hybridized carbons (Fsp3) is 0.294. The molecule has 0 aromatic heterocycles. The van der Waals surface area contributed by atoms with Gasteiger partial charge in [-0.2, -0.15) is 0 Å². The third-order valence-corrected chi connectivity index (χ3v) is 3.78. The number of nitrogens with zero attached hydrogens (tertiary/aromatic N) is 2. The summed E-state index contributed by atoms with van der Waals surface area (Å²) in [4.78, 5) is 12.5. The molecule has 2 aromatic carbocycles. The number of hydrogen-bond donors (Lipinski definition) is 0. The van der Waals surface area contributed by atoms with Crippen molar-refractivity contribution in [2.24, 2.45) is 0 Å². The fourth-order valence-electron chi connectivity index (χ4n) is 2.13. The minimum absolute atomic E-state index is 0.121. The Bertz CT molecular complexity index is 604. The summed E-state index contributed by atoms with van der Waals surface area (Å²) in [7, 11) is 4.16. The molecule has 110 valence electrons. The van der Waals surface area contributed by atoms with Crippen molar-refractivity contribution in [2.75, 3.05) is 14.1 Å². The van der Waals surface area contributed by atoms with Crippen LogP contribution >= 0.6 is 0 Å². The molecule has 1 atom stereocenters. The molecule has 2 rings (SSSR count). The number of hydrogen-bond acceptors (Lipinski definition) is 3. The molecule has 0 amide bonds. The van der Waals surface area contributed by atoms with Crippen molar-refractivity contribution in [1.82, 2.24) is 4.90 Å². The van der Waals surface area contributed by atoms with Crippen molar-refractivity contribution < 1.29 is 4.92 Å². The monoisotopic (exact) mass is 284 g/mol. The predicted octanol–water partition coefficient (Wildman–Crippen LogP) is 3.75. The van der Waals surface area contributed by atoms with Crippen LogP contribution in [0.3, 0.4) is 0 Å². The standard InChI is InChI=1S/C17H20N2O2/c1-13(18(2)3)12-14-4-6-15(7-5-14)16-8-10-17(11-9-16)19(20)21/h4-11,13H,12H2,1-3H3/t13-/m0/s1. The highest BCUT2D eigenvalue weighted by molar-refractivity contribution is 5.65. The second-order valence-corrected chi connectivity index (χ2v) is 5.52. The third-order valence-electron chi connectivity index (χ3n) is 3.78. The van der Waals surface area contributed by atoms with Crippen LogP contribution in [0.2, 0.25) is 0 Å². The van der Waals surface area contributed by atoms with Crippen LogP contribution in [0.15, 0.2) is 48.5 Å². The van der Waals surface area contributed by atoms with Crippen LogP contribution < -0.4 is 0 Å². The molecular formula is C17H20N2O2. The molecule has 4 heteroatoms. The van der Waals surface area contributed by atoms with Gasteiger partial charge < -0.3 is 4.90 Å². The van der Waals surface area contributed by atoms with Gasteiger partial charge in [-0.3, -0.25) is 10.1 Å². The number of nitro benzene ring substituents is 1. The fourth-order valence-corrected chi connectivity index (χ4v) is 2.13. The minimum Gasteiger partial charge on any atom is -0.306 e. The van der Waals surface area contributed by atoms with Crippen LogP contribution in [-0.4, -0.2) is 30.0 Å². The Kier molecular flexibility index (Phi) is 4.70. The second kappa shape index (κ2) is 6.50. The highest BCUT2D eigenvalue weighted by atomic mass is 16.6. The maximum Gasteiger partial charge on any atom is 0.269 e. The zero-order valence-electron chi connectivity index (χ0n) is 12.6. The smallest absolute Gasteiger partial charge is 0.269 e. The summed E-state index contributed by atoms with van der Waals surface area (Å²) in [6, 6.07) is 15.5. The Hall–Kier alpha value is -2.20. The van der Waals surface area contributed by atoms with Crippen molar-refractivity contribution in [2.45, 2.75) is 19.4 Å². The molecule has 4 nitrogen and oxygen atoms in total. The van der Waals surface area contributed by atoms with Crippen molar-refractivity contribution in [3.63, 3.8) is 0 Å². The van der Waals surface area contributed by atoms with Gasteiger partial charge in [0.05, 0.1) is 4.92 Å². The van der Waals surface area contributed by atoms with Gasteiger partial charge in [-0.05, 0) is 56.3 Å². The maximum absolute atomic E-state index is 10.7. The summed E-state index contributed by atoms with van der Waals surface area (Å²) in [6.45, 7) is 2.20. The molecule has 0 fully saturated rings. The quantitative estimate of drug-likeness (QED) is 0.620. The van der Waals surface area contributed by atoms with E-state index in [1.54, 1.807) is 12.1 Å². The maximum atomic E-state index is 10.7. The van der Waals surface area contributed by atoms with E-state index in [0.717, 1.165) is 17.5 Å². The molecule has 0 bridgehead atoms. The number of rotatable bonds is 5. The minimum atomic E-state index is -0.379. The summed E-state index contributed by atoms with van der Waals surface area (Å²) in [5, 5.41) is 10.7. The normalized spacial score (nSPS) is 12.4. The van der Waals surface area contributed by atoms with Crippen molar-refractivity contribution in [1.29, 1.82) is 0 Å². The van der Waals surface area contributed by atoms with E-state index in [1.165, 1.54) is 17.7 Å². The summed E-state index contributed by atoms with van der Waals surface area (Å²) in [5.74, 6) is 0. The van der Waals surface area contributed by atoms with Crippen molar-refractivity contribution >= 4 is 5.69 Å². The van der Waals surface area contributed by atoms with Gasteiger partial charge in [0.25, 0.3) is 5.69 Å². The molecule has 2 aromatic rings. The first-order valence-electron chi connectivity index (χ1n) is 6.97. The van der Waals surface area contributed by atoms with Crippen LogP contribution in [0.25, 0.3) is 11.1 Å². The molecule has 0 aliphatic carbocycles. The number of likely N-dealkylation sites (N-methyl/N-ethyl adjacent to an activating group) is 1. The van der Waals surface area contributed by atoms with E-state index >= 15 is 0 Å². The first kappa shape index (κ1) is 15.2. The molecular weight excluding hydrogens is 264 g/mol. The van der Waals surface area contributed by atoms with Gasteiger partial charge in [0.15, 0.2) is 0 Å². The van der Waals surface area contributed by atoms with Gasteiger partial charge in [-0.1, -0.05) is 24.3 Å². The Morgan fingerprint density at radius 3 is 1.90 bits per heavy atom. The van der Waals surface area contributed by atoms with Gasteiger partial charge in [-0.15, -0.1) is 0 Å². The molecule has 0 aliphatic heterocycles. The molecule has 0 heterocycles. The average molecular weight is 284 g/mol. The summed E-state index contributed by atoms with van der Waals surface area (Å²) >= 11 is 0. The highest BCUT2D eigenvalue weighted by Crippen LogP contribution is 2.23. The van der Waals surface area contributed by atoms with Gasteiger partial charge >= 0.3 is 0 Å². The number of benzene rings is 2. The van der Waals surface area contributed by atoms with E-state index in [1.807, 2.05) is 0 Å². The molecule has 0 saturated heterocycles.